The van der Waals surface area contributed by atoms with Crippen LogP contribution in [0.1, 0.15) is 103 Å². The van der Waals surface area contributed by atoms with E-state index in [0.717, 1.165) is 114 Å². The number of halogens is 1. The molecule has 12 N–H and O–H groups in total. The summed E-state index contributed by atoms with van der Waals surface area (Å²) in [4.78, 5) is 42.2. The first kappa shape index (κ1) is 60.7. The van der Waals surface area contributed by atoms with E-state index in [9.17, 15) is 45.0 Å². The van der Waals surface area contributed by atoms with Crippen LogP contribution in [0.25, 0.3) is 0 Å². The van der Waals surface area contributed by atoms with Crippen molar-refractivity contribution in [2.24, 2.45) is 17.8 Å². The predicted octanol–water partition coefficient (Wildman–Crippen LogP) is 0.445. The summed E-state index contributed by atoms with van der Waals surface area (Å²) in [5.41, 5.74) is 2.31. The molecular weight excluding hydrogens is 1030 g/mol. The molecule has 7 unspecified atom stereocenters. The van der Waals surface area contributed by atoms with Gasteiger partial charge in [-0.15, -0.1) is 0 Å². The molecule has 1 aromatic carbocycles. The van der Waals surface area contributed by atoms with E-state index in [-0.39, 0.29) is 24.7 Å². The molecule has 1 aromatic rings. The summed E-state index contributed by atoms with van der Waals surface area (Å²) in [6.45, 7) is 14.1. The van der Waals surface area contributed by atoms with Crippen LogP contribution in [-0.4, -0.2) is 205 Å². The first-order chi connectivity index (χ1) is 35.7. The number of carbonyl (C=O) groups excluding carboxylic acids is 2. The largest absolute Gasteiger partial charge is 0.479 e. The fourth-order valence-corrected chi connectivity index (χ4v) is 11.7. The average Bonchev–Trinajstić information content (AvgIpc) is 3.38. The number of aliphatic carboxylic acids is 1. The van der Waals surface area contributed by atoms with Crippen LogP contribution in [-0.2, 0) is 51.2 Å². The van der Waals surface area contributed by atoms with Gasteiger partial charge in [0.15, 0.2) is 18.7 Å². The van der Waals surface area contributed by atoms with Crippen LogP contribution in [0.15, 0.2) is 22.7 Å². The van der Waals surface area contributed by atoms with E-state index < -0.39 is 110 Å². The van der Waals surface area contributed by atoms with Crippen molar-refractivity contribution in [3.8, 4) is 0 Å². The molecule has 422 valence electrons. The Kier molecular flexibility index (Phi) is 25.6. The minimum Gasteiger partial charge on any atom is -0.479 e. The zero-order chi connectivity index (χ0) is 53.1. The average molecular weight is 1120 g/mol. The fourth-order valence-electron chi connectivity index (χ4n) is 11.1. The van der Waals surface area contributed by atoms with Crippen LogP contribution in [0, 0.1) is 17.8 Å². The normalized spacial score (nSPS) is 34.0. The number of carboxylic acids is 1. The summed E-state index contributed by atoms with van der Waals surface area (Å²) in [5.74, 6) is -2.95. The molecule has 3 heterocycles. The first-order valence-electron chi connectivity index (χ1n) is 27.4. The minimum absolute atomic E-state index is 0.0524. The van der Waals surface area contributed by atoms with E-state index in [2.05, 4.69) is 70.9 Å². The topological polar surface area (TPSA) is 294 Å². The summed E-state index contributed by atoms with van der Waals surface area (Å²) < 4.78 is 32.6. The van der Waals surface area contributed by atoms with Gasteiger partial charge in [0.1, 0.15) is 42.7 Å². The summed E-state index contributed by atoms with van der Waals surface area (Å²) in [6, 6.07) is 5.14. The van der Waals surface area contributed by atoms with Crippen molar-refractivity contribution in [3.05, 3.63) is 33.8 Å². The number of aliphatic hydroxyl groups excluding tert-OH is 5. The van der Waals surface area contributed by atoms with Crippen molar-refractivity contribution < 1.29 is 68.7 Å². The maximum Gasteiger partial charge on any atom is 0.332 e. The molecule has 74 heavy (non-hydrogen) atoms. The van der Waals surface area contributed by atoms with Gasteiger partial charge in [-0.1, -0.05) is 73.5 Å². The van der Waals surface area contributed by atoms with Crippen molar-refractivity contribution in [1.82, 2.24) is 36.8 Å². The van der Waals surface area contributed by atoms with E-state index in [1.165, 1.54) is 19.4 Å². The van der Waals surface area contributed by atoms with E-state index in [1.54, 1.807) is 0 Å². The standard InChI is InChI=1S/C52H88BrN7O14/c1-4-35-26-37(49(67)58-20-19-57-28-34-12-13-36(38(53)24-34)29-60-22-9-16-55-18-17-54-14-8-15-56-21-23-60)27-39(47(35)74-52-46(66)45(65)43(63)31(2)70-52)72-51-42(59-32(3)62)48(44(64)41(30-61)73-51)71-40(50(68)69)25-33-10-6-5-7-11-33/h12-13,24,31,33,35,37,39-48,51-52,54-57,61,63-66H,4-11,14-23,25-30H2,1-3H3,(H,58,67)(H,59,62)(H,68,69)/t31?,35-,37?,39-,40?,41+,42?,43-,44+,45?,46+,47?,48?,51-,52+/m1/s1. The molecule has 22 heteroatoms. The lowest BCUT2D eigenvalue weighted by molar-refractivity contribution is -0.338. The Balaban J connectivity index is 1.12. The highest BCUT2D eigenvalue weighted by atomic mass is 79.9. The van der Waals surface area contributed by atoms with Crippen molar-refractivity contribution in [1.29, 1.82) is 0 Å². The Morgan fingerprint density at radius 2 is 1.57 bits per heavy atom. The highest BCUT2D eigenvalue weighted by Gasteiger charge is 2.53. The molecule has 3 saturated heterocycles. The number of hydrogen-bond acceptors (Lipinski definition) is 18. The van der Waals surface area contributed by atoms with Gasteiger partial charge in [-0.3, -0.25) is 14.5 Å². The quantitative estimate of drug-likeness (QED) is 0.0790. The summed E-state index contributed by atoms with van der Waals surface area (Å²) in [5, 5.41) is 84.5. The Labute approximate surface area is 445 Å². The van der Waals surface area contributed by atoms with Gasteiger partial charge in [0, 0.05) is 69.7 Å². The van der Waals surface area contributed by atoms with Crippen LogP contribution >= 0.6 is 15.9 Å². The van der Waals surface area contributed by atoms with Gasteiger partial charge in [0.05, 0.1) is 24.9 Å². The Morgan fingerprint density at radius 1 is 0.838 bits per heavy atom. The second-order valence-corrected chi connectivity index (χ2v) is 21.9. The second kappa shape index (κ2) is 31.2. The van der Waals surface area contributed by atoms with E-state index in [0.29, 0.717) is 32.5 Å². The Morgan fingerprint density at radius 3 is 2.26 bits per heavy atom. The van der Waals surface area contributed by atoms with Gasteiger partial charge in [-0.05, 0) is 94.2 Å². The summed E-state index contributed by atoms with van der Waals surface area (Å²) in [7, 11) is 0. The van der Waals surface area contributed by atoms with Gasteiger partial charge >= 0.3 is 5.97 Å². The van der Waals surface area contributed by atoms with Crippen molar-refractivity contribution >= 4 is 33.7 Å². The molecule has 0 aromatic heterocycles. The number of nitrogens with zero attached hydrogens (tertiary/aromatic N) is 1. The molecule has 15 atom stereocenters. The number of carboxylic acid groups (broad SMARTS) is 1. The molecule has 0 bridgehead atoms. The number of amides is 2. The highest BCUT2D eigenvalue weighted by molar-refractivity contribution is 9.10. The van der Waals surface area contributed by atoms with Gasteiger partial charge in [-0.2, -0.15) is 0 Å². The molecule has 21 nitrogen and oxygen atoms in total. The minimum atomic E-state index is -1.64. The monoisotopic (exact) mass is 1110 g/mol. The number of nitrogens with one attached hydrogen (secondary N) is 6. The number of rotatable bonds is 20. The zero-order valence-electron chi connectivity index (χ0n) is 43.7. The highest BCUT2D eigenvalue weighted by Crippen LogP contribution is 2.40. The molecule has 6 rings (SSSR count). The molecule has 0 radical (unpaired) electrons. The molecule has 2 amide bonds. The van der Waals surface area contributed by atoms with Gasteiger partial charge < -0.3 is 86.2 Å². The molecular formula is C52H88BrN7O14. The number of aliphatic hydroxyl groups is 5. The van der Waals surface area contributed by atoms with Crippen LogP contribution < -0.4 is 31.9 Å². The van der Waals surface area contributed by atoms with E-state index in [1.807, 2.05) is 6.92 Å². The molecule has 2 saturated carbocycles. The SMILES string of the molecule is CC[C@@H]1CC(C(=O)NCCNCc2ccc(CN3CCCNCCNCCCNCC3)c(Br)c2)C[C@@H](O[C@@H]2O[C@@H](CO)[C@H](O)C(OC(CC3CCCCC3)C(=O)O)C2NC(C)=O)C1O[C@@H]1OC(C)[C@@H](O)C(O)[C@@H]1O. The van der Waals surface area contributed by atoms with Crippen LogP contribution in [0.4, 0.5) is 0 Å². The number of benzene rings is 1. The first-order valence-corrected chi connectivity index (χ1v) is 28.2. The van der Waals surface area contributed by atoms with Crippen molar-refractivity contribution in [2.75, 3.05) is 72.1 Å². The lowest BCUT2D eigenvalue weighted by atomic mass is 9.75. The molecule has 2 aliphatic carbocycles. The lowest BCUT2D eigenvalue weighted by Crippen LogP contribution is -2.67. The van der Waals surface area contributed by atoms with E-state index in [4.69, 9.17) is 23.7 Å². The zero-order valence-corrected chi connectivity index (χ0v) is 45.3. The third kappa shape index (κ3) is 18.0. The summed E-state index contributed by atoms with van der Waals surface area (Å²) >= 11 is 3.83. The van der Waals surface area contributed by atoms with Crippen LogP contribution in [0.2, 0.25) is 0 Å². The Hall–Kier alpha value is -2.49. The second-order valence-electron chi connectivity index (χ2n) is 21.0. The van der Waals surface area contributed by atoms with Crippen molar-refractivity contribution in [2.45, 2.75) is 184 Å². The van der Waals surface area contributed by atoms with Crippen molar-refractivity contribution in [3.63, 3.8) is 0 Å². The Bertz CT molecular complexity index is 1840. The van der Waals surface area contributed by atoms with Gasteiger partial charge in [0.2, 0.25) is 11.8 Å². The van der Waals surface area contributed by atoms with Crippen LogP contribution in [0.5, 0.6) is 0 Å². The third-order valence-corrected chi connectivity index (χ3v) is 16.1. The molecule has 5 fully saturated rings. The van der Waals surface area contributed by atoms with E-state index >= 15 is 0 Å². The smallest absolute Gasteiger partial charge is 0.332 e. The fraction of sp³-hybridized carbons (Fsp3) is 0.827. The predicted molar refractivity (Wildman–Crippen MR) is 277 cm³/mol. The third-order valence-electron chi connectivity index (χ3n) is 15.4. The lowest BCUT2D eigenvalue weighted by Gasteiger charge is -2.49. The summed E-state index contributed by atoms with van der Waals surface area (Å²) in [6.07, 6.45) is -8.07. The number of hydrogen-bond donors (Lipinski definition) is 12. The molecule has 0 spiro atoms. The van der Waals surface area contributed by atoms with Crippen LogP contribution in [0.3, 0.4) is 0 Å². The van der Waals surface area contributed by atoms with Gasteiger partial charge in [-0.25, -0.2) is 4.79 Å². The van der Waals surface area contributed by atoms with Gasteiger partial charge in [0.25, 0.3) is 0 Å². The molecule has 3 aliphatic heterocycles. The molecule has 5 aliphatic rings. The maximum absolute atomic E-state index is 14.1. The number of carbonyl (C=O) groups is 3. The maximum atomic E-state index is 14.1. The number of ether oxygens (including phenoxy) is 5.